The average Bonchev–Trinajstić information content (AvgIpc) is 2.69. The lowest BCUT2D eigenvalue weighted by atomic mass is 9.79. The number of amides is 1. The number of carboxylic acid groups (broad SMARTS) is 1. The first-order valence-corrected chi connectivity index (χ1v) is 7.70. The molecule has 0 heterocycles. The van der Waals surface area contributed by atoms with Crippen LogP contribution in [0.5, 0.6) is 0 Å². The number of nitrogens with one attached hydrogen (secondary N) is 1. The summed E-state index contributed by atoms with van der Waals surface area (Å²) in [6.07, 6.45) is 6.49. The first-order chi connectivity index (χ1) is 9.46. The lowest BCUT2D eigenvalue weighted by Crippen LogP contribution is -2.53. The quantitative estimate of drug-likeness (QED) is 0.649. The maximum absolute atomic E-state index is 12.6. The lowest BCUT2D eigenvalue weighted by molar-refractivity contribution is -0.145. The summed E-state index contributed by atoms with van der Waals surface area (Å²) in [5, 5.41) is 12.0. The number of carboxylic acids is 1. The van der Waals surface area contributed by atoms with E-state index in [1.54, 1.807) is 0 Å². The summed E-state index contributed by atoms with van der Waals surface area (Å²) in [4.78, 5) is 23.9. The topological polar surface area (TPSA) is 92.4 Å². The van der Waals surface area contributed by atoms with Crippen LogP contribution in [0.2, 0.25) is 0 Å². The van der Waals surface area contributed by atoms with Gasteiger partial charge in [0.25, 0.3) is 0 Å². The highest BCUT2D eigenvalue weighted by Gasteiger charge is 2.39. The van der Waals surface area contributed by atoms with Gasteiger partial charge in [-0.2, -0.15) is 0 Å². The first-order valence-electron chi connectivity index (χ1n) is 7.70. The second-order valence-corrected chi connectivity index (χ2v) is 6.07. The molecule has 2 unspecified atom stereocenters. The summed E-state index contributed by atoms with van der Waals surface area (Å²) in [7, 11) is 0. The molecule has 0 saturated heterocycles. The van der Waals surface area contributed by atoms with Gasteiger partial charge in [-0.3, -0.25) is 4.79 Å². The van der Waals surface area contributed by atoms with Crippen LogP contribution in [-0.2, 0) is 9.59 Å². The minimum Gasteiger partial charge on any atom is -0.480 e. The van der Waals surface area contributed by atoms with Crippen molar-refractivity contribution in [2.45, 2.75) is 64.8 Å². The van der Waals surface area contributed by atoms with Gasteiger partial charge in [-0.25, -0.2) is 4.79 Å². The molecule has 1 amide bonds. The van der Waals surface area contributed by atoms with Crippen LogP contribution in [0.1, 0.15) is 58.8 Å². The van der Waals surface area contributed by atoms with Crippen molar-refractivity contribution >= 4 is 11.9 Å². The highest BCUT2D eigenvalue weighted by Crippen LogP contribution is 2.34. The number of rotatable bonds is 6. The molecule has 0 radical (unpaired) electrons. The van der Waals surface area contributed by atoms with E-state index in [-0.39, 0.29) is 11.8 Å². The molecule has 5 nitrogen and oxygen atoms in total. The second kappa shape index (κ2) is 7.62. The molecule has 0 aromatic rings. The second-order valence-electron chi connectivity index (χ2n) is 6.07. The standard InChI is InChI=1S/C15H28N2O3/c1-3-11(2)12(13(18)19)17-14(20)15(10-16)8-6-4-5-7-9-15/h11-12H,3-10,16H2,1-2H3,(H,17,20)(H,18,19). The molecule has 0 spiro atoms. The maximum Gasteiger partial charge on any atom is 0.326 e. The number of nitrogens with two attached hydrogens (primary N) is 1. The molecule has 1 rings (SSSR count). The van der Waals surface area contributed by atoms with Gasteiger partial charge < -0.3 is 16.2 Å². The minimum atomic E-state index is -0.964. The molecule has 2 atom stereocenters. The average molecular weight is 284 g/mol. The number of carbonyl (C=O) groups is 2. The van der Waals surface area contributed by atoms with Gasteiger partial charge in [-0.05, 0) is 18.8 Å². The van der Waals surface area contributed by atoms with Crippen LogP contribution >= 0.6 is 0 Å². The minimum absolute atomic E-state index is 0.0861. The molecule has 1 saturated carbocycles. The van der Waals surface area contributed by atoms with Gasteiger partial charge in [-0.15, -0.1) is 0 Å². The molecule has 4 N–H and O–H groups in total. The van der Waals surface area contributed by atoms with Gasteiger partial charge in [0.2, 0.25) is 5.91 Å². The molecule has 1 fully saturated rings. The van der Waals surface area contributed by atoms with Crippen LogP contribution < -0.4 is 11.1 Å². The van der Waals surface area contributed by atoms with Gasteiger partial charge in [0.05, 0.1) is 5.41 Å². The number of hydrogen-bond donors (Lipinski definition) is 3. The van der Waals surface area contributed by atoms with E-state index in [1.165, 1.54) is 0 Å². The Bertz CT molecular complexity index is 336. The smallest absolute Gasteiger partial charge is 0.326 e. The van der Waals surface area contributed by atoms with E-state index in [2.05, 4.69) is 5.32 Å². The SMILES string of the molecule is CCC(C)C(NC(=O)C1(CN)CCCCCC1)C(=O)O. The van der Waals surface area contributed by atoms with Crippen LogP contribution in [0.15, 0.2) is 0 Å². The Morgan fingerprint density at radius 2 is 1.80 bits per heavy atom. The van der Waals surface area contributed by atoms with Crippen LogP contribution in [0.25, 0.3) is 0 Å². The van der Waals surface area contributed by atoms with Crippen molar-refractivity contribution in [3.8, 4) is 0 Å². The third-order valence-electron chi connectivity index (χ3n) is 4.70. The van der Waals surface area contributed by atoms with Crippen LogP contribution in [0.4, 0.5) is 0 Å². The molecule has 20 heavy (non-hydrogen) atoms. The van der Waals surface area contributed by atoms with Gasteiger partial charge >= 0.3 is 5.97 Å². The Labute approximate surface area is 121 Å². The molecule has 116 valence electrons. The summed E-state index contributed by atoms with van der Waals surface area (Å²) >= 11 is 0. The highest BCUT2D eigenvalue weighted by atomic mass is 16.4. The lowest BCUT2D eigenvalue weighted by Gasteiger charge is -2.32. The van der Waals surface area contributed by atoms with Crippen molar-refractivity contribution in [3.63, 3.8) is 0 Å². The number of aliphatic carboxylic acids is 1. The third kappa shape index (κ3) is 3.95. The third-order valence-corrected chi connectivity index (χ3v) is 4.70. The van der Waals surface area contributed by atoms with Crippen molar-refractivity contribution < 1.29 is 14.7 Å². The summed E-state index contributed by atoms with van der Waals surface area (Å²) in [5.74, 6) is -1.22. The van der Waals surface area contributed by atoms with Gasteiger partial charge in [-0.1, -0.05) is 46.0 Å². The molecular formula is C15H28N2O3. The molecule has 0 bridgehead atoms. The molecule has 0 aliphatic heterocycles. The van der Waals surface area contributed by atoms with E-state index < -0.39 is 17.4 Å². The van der Waals surface area contributed by atoms with E-state index in [0.717, 1.165) is 38.5 Å². The van der Waals surface area contributed by atoms with E-state index in [1.807, 2.05) is 13.8 Å². The van der Waals surface area contributed by atoms with Crippen molar-refractivity contribution in [2.24, 2.45) is 17.1 Å². The first kappa shape index (κ1) is 17.0. The Morgan fingerprint density at radius 1 is 1.25 bits per heavy atom. The zero-order chi connectivity index (χ0) is 15.2. The molecule has 1 aliphatic rings. The maximum atomic E-state index is 12.6. The van der Waals surface area contributed by atoms with E-state index in [4.69, 9.17) is 5.73 Å². The number of hydrogen-bond acceptors (Lipinski definition) is 3. The molecule has 1 aliphatic carbocycles. The Hall–Kier alpha value is -1.10. The summed E-state index contributed by atoms with van der Waals surface area (Å²) in [6, 6.07) is -0.820. The summed E-state index contributed by atoms with van der Waals surface area (Å²) in [5.41, 5.74) is 5.29. The van der Waals surface area contributed by atoms with Crippen molar-refractivity contribution in [3.05, 3.63) is 0 Å². The molecule has 5 heteroatoms. The fourth-order valence-corrected chi connectivity index (χ4v) is 2.91. The molecule has 0 aromatic heterocycles. The van der Waals surface area contributed by atoms with Crippen molar-refractivity contribution in [1.29, 1.82) is 0 Å². The van der Waals surface area contributed by atoms with Gasteiger partial charge in [0.1, 0.15) is 6.04 Å². The van der Waals surface area contributed by atoms with Crippen molar-refractivity contribution in [1.82, 2.24) is 5.32 Å². The number of carbonyl (C=O) groups excluding carboxylic acids is 1. The zero-order valence-electron chi connectivity index (χ0n) is 12.7. The predicted molar refractivity (Wildman–Crippen MR) is 78.2 cm³/mol. The summed E-state index contributed by atoms with van der Waals surface area (Å²) in [6.45, 7) is 4.07. The fraction of sp³-hybridized carbons (Fsp3) is 0.867. The van der Waals surface area contributed by atoms with E-state index in [9.17, 15) is 14.7 Å². The van der Waals surface area contributed by atoms with Crippen LogP contribution in [0, 0.1) is 11.3 Å². The zero-order valence-corrected chi connectivity index (χ0v) is 12.7. The highest BCUT2D eigenvalue weighted by molar-refractivity contribution is 5.87. The van der Waals surface area contributed by atoms with Gasteiger partial charge in [0.15, 0.2) is 0 Å². The van der Waals surface area contributed by atoms with Crippen molar-refractivity contribution in [2.75, 3.05) is 6.54 Å². The Kier molecular flexibility index (Phi) is 6.46. The largest absolute Gasteiger partial charge is 0.480 e. The van der Waals surface area contributed by atoms with E-state index in [0.29, 0.717) is 13.0 Å². The molecule has 0 aromatic carbocycles. The Balaban J connectivity index is 2.81. The predicted octanol–water partition coefficient (Wildman–Crippen LogP) is 1.90. The van der Waals surface area contributed by atoms with Gasteiger partial charge in [0, 0.05) is 6.54 Å². The summed E-state index contributed by atoms with van der Waals surface area (Å²) < 4.78 is 0. The van der Waals surface area contributed by atoms with Crippen LogP contribution in [-0.4, -0.2) is 29.6 Å². The monoisotopic (exact) mass is 284 g/mol. The normalized spacial score (nSPS) is 21.6. The molecular weight excluding hydrogens is 256 g/mol. The van der Waals surface area contributed by atoms with E-state index >= 15 is 0 Å². The fourth-order valence-electron chi connectivity index (χ4n) is 2.91. The Morgan fingerprint density at radius 3 is 2.20 bits per heavy atom. The van der Waals surface area contributed by atoms with Crippen LogP contribution in [0.3, 0.4) is 0 Å².